The number of carbonyl (C=O) groups excluding carboxylic acids is 3. The number of aliphatic hydroxyl groups is 1. The molecule has 2 atom stereocenters. The molecule has 12 heteroatoms. The Kier molecular flexibility index (Phi) is 11.1. The summed E-state index contributed by atoms with van der Waals surface area (Å²) in [7, 11) is -4.24. The van der Waals surface area contributed by atoms with Crippen molar-refractivity contribution in [2.24, 2.45) is 0 Å². The molecule has 0 aliphatic carbocycles. The first kappa shape index (κ1) is 31.2. The van der Waals surface area contributed by atoms with E-state index in [1.165, 1.54) is 24.3 Å². The van der Waals surface area contributed by atoms with Crippen molar-refractivity contribution in [3.63, 3.8) is 0 Å². The molecular weight excluding hydrogens is 574 g/mol. The number of halogens is 1. The van der Waals surface area contributed by atoms with Gasteiger partial charge in [-0.3, -0.25) is 14.4 Å². The fourth-order valence-electron chi connectivity index (χ4n) is 3.73. The first-order valence-electron chi connectivity index (χ1n) is 12.4. The van der Waals surface area contributed by atoms with Crippen LogP contribution in [0.3, 0.4) is 0 Å². The van der Waals surface area contributed by atoms with E-state index in [4.69, 9.17) is 11.6 Å². The molecule has 0 aromatic heterocycles. The van der Waals surface area contributed by atoms with Crippen LogP contribution in [0.25, 0.3) is 11.1 Å². The van der Waals surface area contributed by atoms with Crippen molar-refractivity contribution in [3.05, 3.63) is 88.9 Å². The van der Waals surface area contributed by atoms with Gasteiger partial charge in [-0.15, -0.1) is 0 Å². The van der Waals surface area contributed by atoms with Gasteiger partial charge in [0, 0.05) is 40.9 Å². The van der Waals surface area contributed by atoms with Crippen LogP contribution in [0.5, 0.6) is 0 Å². The van der Waals surface area contributed by atoms with Crippen LogP contribution < -0.4 is 15.4 Å². The molecular formula is C28H30ClN3O6S2. The van der Waals surface area contributed by atoms with Crippen LogP contribution in [0.2, 0.25) is 5.02 Å². The van der Waals surface area contributed by atoms with Gasteiger partial charge >= 0.3 is 0 Å². The molecule has 0 heterocycles. The SMILES string of the molecule is C[C@H](O)C(=O)NS(=O)(=O)c1ccccc1-c1ccc(C(=O)NCCC(=O)NC[C@H](S)Cc2cccc(Cl)c2)cc1. The van der Waals surface area contributed by atoms with Crippen molar-refractivity contribution in [2.45, 2.75) is 36.0 Å². The lowest BCUT2D eigenvalue weighted by Gasteiger charge is -2.13. The molecule has 0 radical (unpaired) electrons. The third kappa shape index (κ3) is 9.09. The van der Waals surface area contributed by atoms with Gasteiger partial charge in [-0.1, -0.05) is 54.1 Å². The van der Waals surface area contributed by atoms with Crippen LogP contribution >= 0.6 is 24.2 Å². The number of hydrogen-bond donors (Lipinski definition) is 5. The summed E-state index contributed by atoms with van der Waals surface area (Å²) >= 11 is 10.5. The van der Waals surface area contributed by atoms with Crippen molar-refractivity contribution in [1.82, 2.24) is 15.4 Å². The average Bonchev–Trinajstić information content (AvgIpc) is 2.91. The lowest BCUT2D eigenvalue weighted by Crippen LogP contribution is -2.37. The van der Waals surface area contributed by atoms with Crippen molar-refractivity contribution in [3.8, 4) is 11.1 Å². The minimum absolute atomic E-state index is 0.0882. The fourth-order valence-corrected chi connectivity index (χ4v) is 5.53. The Morgan fingerprint density at radius 2 is 1.68 bits per heavy atom. The number of aliphatic hydroxyl groups excluding tert-OH is 1. The molecule has 212 valence electrons. The molecule has 0 unspecified atom stereocenters. The van der Waals surface area contributed by atoms with E-state index in [2.05, 4.69) is 23.3 Å². The van der Waals surface area contributed by atoms with Crippen LogP contribution in [0.4, 0.5) is 0 Å². The normalized spacial score (nSPS) is 12.7. The number of amides is 3. The Morgan fingerprint density at radius 1 is 0.975 bits per heavy atom. The lowest BCUT2D eigenvalue weighted by atomic mass is 10.0. The summed E-state index contributed by atoms with van der Waals surface area (Å²) < 4.78 is 27.3. The number of sulfonamides is 1. The van der Waals surface area contributed by atoms with Gasteiger partial charge in [0.15, 0.2) is 0 Å². The highest BCUT2D eigenvalue weighted by Gasteiger charge is 2.23. The highest BCUT2D eigenvalue weighted by atomic mass is 35.5. The standard InChI is InChI=1S/C28H30ClN3O6S2/c1-18(33)27(35)32-40(37,38)25-8-3-2-7-24(25)20-9-11-21(12-10-20)28(36)30-14-13-26(34)31-17-23(39)16-19-5-4-6-22(29)15-19/h2-12,15,18,23,33,39H,13-14,16-17H2,1H3,(H,30,36)(H,31,34)(H,32,35)/t18-,23+/m0/s1. The van der Waals surface area contributed by atoms with Gasteiger partial charge in [-0.2, -0.15) is 12.6 Å². The number of hydrogen-bond acceptors (Lipinski definition) is 7. The van der Waals surface area contributed by atoms with Crippen LogP contribution in [-0.4, -0.2) is 55.7 Å². The van der Waals surface area contributed by atoms with Gasteiger partial charge in [0.25, 0.3) is 21.8 Å². The number of thiol groups is 1. The second-order valence-electron chi connectivity index (χ2n) is 9.02. The predicted molar refractivity (Wildman–Crippen MR) is 157 cm³/mol. The summed E-state index contributed by atoms with van der Waals surface area (Å²) in [5.41, 5.74) is 2.16. The average molecular weight is 604 g/mol. The van der Waals surface area contributed by atoms with E-state index in [-0.39, 0.29) is 29.0 Å². The van der Waals surface area contributed by atoms with Crippen LogP contribution in [0, 0.1) is 0 Å². The number of benzene rings is 3. The Morgan fingerprint density at radius 3 is 2.35 bits per heavy atom. The Hall–Kier alpha value is -3.38. The van der Waals surface area contributed by atoms with Gasteiger partial charge in [-0.25, -0.2) is 13.1 Å². The zero-order valence-corrected chi connectivity index (χ0v) is 24.1. The number of nitrogens with one attached hydrogen (secondary N) is 3. The van der Waals surface area contributed by atoms with Gasteiger partial charge < -0.3 is 15.7 Å². The number of rotatable bonds is 12. The van der Waals surface area contributed by atoms with Crippen molar-refractivity contribution < 1.29 is 27.9 Å². The zero-order chi connectivity index (χ0) is 29.3. The maximum absolute atomic E-state index is 12.7. The van der Waals surface area contributed by atoms with Crippen LogP contribution in [-0.2, 0) is 26.0 Å². The molecule has 3 aromatic rings. The third-order valence-corrected chi connectivity index (χ3v) is 7.79. The summed E-state index contributed by atoms with van der Waals surface area (Å²) in [5.74, 6) is -1.66. The first-order valence-corrected chi connectivity index (χ1v) is 14.8. The topological polar surface area (TPSA) is 142 Å². The smallest absolute Gasteiger partial charge is 0.264 e. The third-order valence-electron chi connectivity index (χ3n) is 5.78. The second-order valence-corrected chi connectivity index (χ2v) is 11.8. The van der Waals surface area contributed by atoms with Gasteiger partial charge in [-0.05, 0) is 54.8 Å². The molecule has 0 bridgehead atoms. The quantitative estimate of drug-likeness (QED) is 0.202. The molecule has 0 saturated carbocycles. The summed E-state index contributed by atoms with van der Waals surface area (Å²) in [6.07, 6.45) is -0.764. The van der Waals surface area contributed by atoms with E-state index in [0.29, 0.717) is 34.7 Å². The monoisotopic (exact) mass is 603 g/mol. The van der Waals surface area contributed by atoms with Crippen molar-refractivity contribution in [1.29, 1.82) is 0 Å². The maximum atomic E-state index is 12.7. The molecule has 3 aromatic carbocycles. The Labute approximate surface area is 243 Å². The first-order chi connectivity index (χ1) is 19.0. The molecule has 0 fully saturated rings. The van der Waals surface area contributed by atoms with Crippen LogP contribution in [0.15, 0.2) is 77.7 Å². The lowest BCUT2D eigenvalue weighted by molar-refractivity contribution is -0.126. The Bertz CT molecular complexity index is 1460. The maximum Gasteiger partial charge on any atom is 0.264 e. The molecule has 3 amide bonds. The van der Waals surface area contributed by atoms with Gasteiger partial charge in [0.1, 0.15) is 6.10 Å². The predicted octanol–water partition coefficient (Wildman–Crippen LogP) is 2.97. The molecule has 9 nitrogen and oxygen atoms in total. The van der Waals surface area contributed by atoms with Gasteiger partial charge in [0.2, 0.25) is 5.91 Å². The zero-order valence-electron chi connectivity index (χ0n) is 21.6. The largest absolute Gasteiger partial charge is 0.384 e. The minimum atomic E-state index is -4.24. The van der Waals surface area contributed by atoms with Gasteiger partial charge in [0.05, 0.1) is 4.90 Å². The van der Waals surface area contributed by atoms with Crippen molar-refractivity contribution in [2.75, 3.05) is 13.1 Å². The van der Waals surface area contributed by atoms with E-state index < -0.39 is 27.9 Å². The summed E-state index contributed by atoms with van der Waals surface area (Å²) in [4.78, 5) is 36.3. The fraction of sp³-hybridized carbons (Fsp3) is 0.250. The molecule has 0 saturated heterocycles. The second kappa shape index (κ2) is 14.3. The Balaban J connectivity index is 1.52. The molecule has 0 aliphatic rings. The molecule has 40 heavy (non-hydrogen) atoms. The highest BCUT2D eigenvalue weighted by Crippen LogP contribution is 2.27. The minimum Gasteiger partial charge on any atom is -0.384 e. The van der Waals surface area contributed by atoms with E-state index in [1.807, 2.05) is 22.9 Å². The van der Waals surface area contributed by atoms with E-state index >= 15 is 0 Å². The van der Waals surface area contributed by atoms with E-state index in [9.17, 15) is 27.9 Å². The van der Waals surface area contributed by atoms with Crippen LogP contribution in [0.1, 0.15) is 29.3 Å². The summed E-state index contributed by atoms with van der Waals surface area (Å²) in [5, 5.41) is 15.4. The molecule has 0 aliphatic heterocycles. The number of carbonyl (C=O) groups is 3. The molecule has 4 N–H and O–H groups in total. The van der Waals surface area contributed by atoms with Crippen molar-refractivity contribution >= 4 is 52.0 Å². The molecule has 0 spiro atoms. The summed E-state index contributed by atoms with van der Waals surface area (Å²) in [6.45, 7) is 1.65. The molecule has 3 rings (SSSR count). The highest BCUT2D eigenvalue weighted by molar-refractivity contribution is 7.90. The van der Waals surface area contributed by atoms with E-state index in [1.54, 1.807) is 30.3 Å². The van der Waals surface area contributed by atoms with E-state index in [0.717, 1.165) is 12.5 Å². The summed E-state index contributed by atoms with van der Waals surface area (Å²) in [6, 6.07) is 19.7.